The van der Waals surface area contributed by atoms with Gasteiger partial charge in [0, 0.05) is 17.1 Å². The Morgan fingerprint density at radius 3 is 2.75 bits per heavy atom. The van der Waals surface area contributed by atoms with E-state index in [9.17, 15) is 0 Å². The molecule has 1 N–H and O–H groups in total. The largest absolute Gasteiger partial charge is 0.310 e. The molecule has 0 aromatic rings. The summed E-state index contributed by atoms with van der Waals surface area (Å²) in [5.41, 5.74) is 0. The van der Waals surface area contributed by atoms with E-state index in [0.717, 1.165) is 16.9 Å². The molecule has 0 spiro atoms. The van der Waals surface area contributed by atoms with Crippen LogP contribution < -0.4 is 5.32 Å². The predicted molar refractivity (Wildman–Crippen MR) is 57.5 cm³/mol. The zero-order valence-corrected chi connectivity index (χ0v) is 9.36. The Kier molecular flexibility index (Phi) is 4.30. The summed E-state index contributed by atoms with van der Waals surface area (Å²) in [6.07, 6.45) is 5.67. The highest BCUT2D eigenvalue weighted by Gasteiger charge is 2.19. The maximum absolute atomic E-state index is 3.79. The third kappa shape index (κ3) is 3.72. The summed E-state index contributed by atoms with van der Waals surface area (Å²) in [4.78, 5) is 0. The highest BCUT2D eigenvalue weighted by molar-refractivity contribution is 9.11. The van der Waals surface area contributed by atoms with Gasteiger partial charge in [-0.3, -0.25) is 0 Å². The van der Waals surface area contributed by atoms with Crippen LogP contribution in [0.5, 0.6) is 0 Å². The van der Waals surface area contributed by atoms with Crippen molar-refractivity contribution >= 4 is 15.9 Å². The van der Waals surface area contributed by atoms with Crippen molar-refractivity contribution in [2.45, 2.75) is 38.6 Å². The van der Waals surface area contributed by atoms with Crippen LogP contribution in [0.4, 0.5) is 0 Å². The summed E-state index contributed by atoms with van der Waals surface area (Å²) in [5, 5.41) is 3.43. The smallest absolute Gasteiger partial charge is 0.0268 e. The lowest BCUT2D eigenvalue weighted by atomic mass is 9.81. The fourth-order valence-corrected chi connectivity index (χ4v) is 1.76. The van der Waals surface area contributed by atoms with Crippen molar-refractivity contribution in [3.63, 3.8) is 0 Å². The molecule has 1 fully saturated rings. The van der Waals surface area contributed by atoms with E-state index in [-0.39, 0.29) is 0 Å². The normalized spacial score (nSPS) is 20.2. The second-order valence-corrected chi connectivity index (χ2v) is 4.95. The van der Waals surface area contributed by atoms with E-state index in [1.165, 1.54) is 25.7 Å². The fourth-order valence-electron chi connectivity index (χ4n) is 1.60. The minimum atomic E-state index is 0.643. The lowest BCUT2D eigenvalue weighted by Gasteiger charge is -2.28. The third-order valence-electron chi connectivity index (χ3n) is 2.55. The molecule has 0 saturated heterocycles. The number of rotatable bonds is 5. The average molecular weight is 232 g/mol. The fraction of sp³-hybridized carbons (Fsp3) is 0.800. The molecule has 1 unspecified atom stereocenters. The quantitative estimate of drug-likeness (QED) is 0.768. The van der Waals surface area contributed by atoms with Gasteiger partial charge in [0.2, 0.25) is 0 Å². The molecule has 1 atom stereocenters. The molecule has 0 amide bonds. The van der Waals surface area contributed by atoms with Crippen LogP contribution in [-0.4, -0.2) is 12.6 Å². The van der Waals surface area contributed by atoms with Gasteiger partial charge in [-0.2, -0.15) is 0 Å². The van der Waals surface area contributed by atoms with E-state index < -0.39 is 0 Å². The Labute approximate surface area is 83.7 Å². The van der Waals surface area contributed by atoms with Crippen LogP contribution in [-0.2, 0) is 0 Å². The molecule has 1 saturated carbocycles. The van der Waals surface area contributed by atoms with Crippen LogP contribution in [0.1, 0.15) is 32.6 Å². The molecule has 2 heteroatoms. The molecule has 1 nitrogen and oxygen atoms in total. The summed E-state index contributed by atoms with van der Waals surface area (Å²) < 4.78 is 1.04. The molecule has 70 valence electrons. The molecular weight excluding hydrogens is 214 g/mol. The summed E-state index contributed by atoms with van der Waals surface area (Å²) >= 11 is 3.34. The Bertz CT molecular complexity index is 152. The molecule has 0 aromatic heterocycles. The van der Waals surface area contributed by atoms with Gasteiger partial charge in [0.1, 0.15) is 0 Å². The highest BCUT2D eigenvalue weighted by Crippen LogP contribution is 2.30. The highest BCUT2D eigenvalue weighted by atomic mass is 79.9. The monoisotopic (exact) mass is 231 g/mol. The SMILES string of the molecule is C=C(Br)CNC(C)CC1CCC1. The van der Waals surface area contributed by atoms with Crippen molar-refractivity contribution in [1.82, 2.24) is 5.32 Å². The van der Waals surface area contributed by atoms with Gasteiger partial charge in [0.15, 0.2) is 0 Å². The first-order valence-corrected chi connectivity index (χ1v) is 5.54. The molecule has 0 aliphatic heterocycles. The molecule has 0 aromatic carbocycles. The van der Waals surface area contributed by atoms with Crippen LogP contribution >= 0.6 is 15.9 Å². The van der Waals surface area contributed by atoms with Crippen LogP contribution in [0.15, 0.2) is 11.1 Å². The maximum Gasteiger partial charge on any atom is 0.0268 e. The van der Waals surface area contributed by atoms with Crippen molar-refractivity contribution in [3.05, 3.63) is 11.1 Å². The van der Waals surface area contributed by atoms with Gasteiger partial charge in [-0.25, -0.2) is 0 Å². The molecular formula is C10H18BrN. The van der Waals surface area contributed by atoms with E-state index in [4.69, 9.17) is 0 Å². The van der Waals surface area contributed by atoms with Gasteiger partial charge < -0.3 is 5.32 Å². The number of hydrogen-bond acceptors (Lipinski definition) is 1. The van der Waals surface area contributed by atoms with E-state index in [1.54, 1.807) is 0 Å². The Hall–Kier alpha value is 0.180. The molecule has 0 radical (unpaired) electrons. The van der Waals surface area contributed by atoms with Crippen molar-refractivity contribution in [2.75, 3.05) is 6.54 Å². The van der Waals surface area contributed by atoms with Gasteiger partial charge in [-0.05, 0) is 19.3 Å². The third-order valence-corrected chi connectivity index (χ3v) is 2.83. The minimum Gasteiger partial charge on any atom is -0.310 e. The van der Waals surface area contributed by atoms with Gasteiger partial charge in [-0.15, -0.1) is 0 Å². The molecule has 12 heavy (non-hydrogen) atoms. The first-order chi connectivity index (χ1) is 5.68. The number of nitrogens with one attached hydrogen (secondary N) is 1. The van der Waals surface area contributed by atoms with Crippen molar-refractivity contribution in [1.29, 1.82) is 0 Å². The van der Waals surface area contributed by atoms with Crippen LogP contribution in [0.3, 0.4) is 0 Å². The molecule has 1 aliphatic rings. The number of hydrogen-bond donors (Lipinski definition) is 1. The molecule has 0 heterocycles. The van der Waals surface area contributed by atoms with Crippen molar-refractivity contribution < 1.29 is 0 Å². The number of halogens is 1. The topological polar surface area (TPSA) is 12.0 Å². The Morgan fingerprint density at radius 2 is 2.33 bits per heavy atom. The minimum absolute atomic E-state index is 0.643. The van der Waals surface area contributed by atoms with Crippen LogP contribution in [0.2, 0.25) is 0 Å². The van der Waals surface area contributed by atoms with Crippen LogP contribution in [0.25, 0.3) is 0 Å². The second-order valence-electron chi connectivity index (χ2n) is 3.83. The lowest BCUT2D eigenvalue weighted by molar-refractivity contribution is 0.268. The molecule has 0 bridgehead atoms. The zero-order valence-electron chi connectivity index (χ0n) is 7.78. The second kappa shape index (κ2) is 5.03. The van der Waals surface area contributed by atoms with Gasteiger partial charge in [0.25, 0.3) is 0 Å². The van der Waals surface area contributed by atoms with E-state index >= 15 is 0 Å². The summed E-state index contributed by atoms with van der Waals surface area (Å²) in [7, 11) is 0. The average Bonchev–Trinajstić information content (AvgIpc) is 1.93. The standard InChI is InChI=1S/C10H18BrN/c1-8(11)7-12-9(2)6-10-4-3-5-10/h9-10,12H,1,3-7H2,2H3. The predicted octanol–water partition coefficient (Wildman–Crippen LogP) is 3.06. The molecule has 1 rings (SSSR count). The van der Waals surface area contributed by atoms with E-state index in [1.807, 2.05) is 0 Å². The van der Waals surface area contributed by atoms with E-state index in [2.05, 4.69) is 34.7 Å². The van der Waals surface area contributed by atoms with Gasteiger partial charge in [-0.1, -0.05) is 41.8 Å². The Morgan fingerprint density at radius 1 is 1.67 bits per heavy atom. The van der Waals surface area contributed by atoms with E-state index in [0.29, 0.717) is 6.04 Å². The van der Waals surface area contributed by atoms with Crippen LogP contribution in [0, 0.1) is 5.92 Å². The molecule has 1 aliphatic carbocycles. The zero-order chi connectivity index (χ0) is 8.97. The van der Waals surface area contributed by atoms with Gasteiger partial charge >= 0.3 is 0 Å². The Balaban J connectivity index is 2.02. The van der Waals surface area contributed by atoms with Crippen molar-refractivity contribution in [2.24, 2.45) is 5.92 Å². The van der Waals surface area contributed by atoms with Crippen molar-refractivity contribution in [3.8, 4) is 0 Å². The lowest BCUT2D eigenvalue weighted by Crippen LogP contribution is -2.30. The summed E-state index contributed by atoms with van der Waals surface area (Å²) in [6, 6.07) is 0.643. The first-order valence-electron chi connectivity index (χ1n) is 4.75. The maximum atomic E-state index is 3.79. The first kappa shape index (κ1) is 10.3. The summed E-state index contributed by atoms with van der Waals surface area (Å²) in [5.74, 6) is 0.996. The van der Waals surface area contributed by atoms with Gasteiger partial charge in [0.05, 0.1) is 0 Å². The summed E-state index contributed by atoms with van der Waals surface area (Å²) in [6.45, 7) is 6.95.